The maximum absolute atomic E-state index is 11.3. The summed E-state index contributed by atoms with van der Waals surface area (Å²) in [5.41, 5.74) is 0. The molecule has 1 N–H and O–H groups in total. The number of nitrogens with one attached hydrogen (secondary N) is 1. The van der Waals surface area contributed by atoms with Gasteiger partial charge in [-0.25, -0.2) is 4.98 Å². The van der Waals surface area contributed by atoms with Gasteiger partial charge in [-0.15, -0.1) is 5.10 Å². The lowest BCUT2D eigenvalue weighted by Crippen LogP contribution is -2.23. The van der Waals surface area contributed by atoms with E-state index in [0.717, 1.165) is 34.9 Å². The van der Waals surface area contributed by atoms with Crippen LogP contribution in [0.2, 0.25) is 0 Å². The Morgan fingerprint density at radius 2 is 2.30 bits per heavy atom. The molecule has 0 amide bonds. The Bertz CT molecular complexity index is 723. The highest BCUT2D eigenvalue weighted by molar-refractivity contribution is 9.10. The van der Waals surface area contributed by atoms with Crippen LogP contribution in [0.1, 0.15) is 24.9 Å². The number of anilines is 1. The number of aromatic nitrogens is 3. The monoisotopic (exact) mass is 399 g/mol. The predicted molar refractivity (Wildman–Crippen MR) is 90.0 cm³/mol. The SMILES string of the molecule is CCCc1nc(S/C(=C\c2cc(Br)c(N(C)C)o2)C(=O)[O-])n[nH]1. The van der Waals surface area contributed by atoms with Gasteiger partial charge < -0.3 is 19.2 Å². The molecule has 0 radical (unpaired) electrons. The van der Waals surface area contributed by atoms with Gasteiger partial charge in [0.2, 0.25) is 11.0 Å². The number of furan rings is 1. The van der Waals surface area contributed by atoms with Crippen molar-refractivity contribution in [3.05, 3.63) is 27.0 Å². The number of carbonyl (C=O) groups is 1. The number of carboxylic acid groups (broad SMARTS) is 1. The molecule has 2 aromatic heterocycles. The minimum atomic E-state index is -1.31. The van der Waals surface area contributed by atoms with Gasteiger partial charge in [0.15, 0.2) is 0 Å². The summed E-state index contributed by atoms with van der Waals surface area (Å²) < 4.78 is 6.32. The van der Waals surface area contributed by atoms with Crippen molar-refractivity contribution in [1.29, 1.82) is 0 Å². The Labute approximate surface area is 146 Å². The number of carboxylic acids is 1. The highest BCUT2D eigenvalue weighted by Crippen LogP contribution is 2.32. The van der Waals surface area contributed by atoms with Gasteiger partial charge in [0.25, 0.3) is 0 Å². The van der Waals surface area contributed by atoms with Crippen molar-refractivity contribution >= 4 is 45.6 Å². The fourth-order valence-corrected chi connectivity index (χ4v) is 3.15. The Hall–Kier alpha value is -1.74. The van der Waals surface area contributed by atoms with Gasteiger partial charge in [0, 0.05) is 31.5 Å². The molecule has 124 valence electrons. The molecule has 0 unspecified atom stereocenters. The van der Waals surface area contributed by atoms with Crippen LogP contribution in [-0.4, -0.2) is 35.2 Å². The minimum Gasteiger partial charge on any atom is -0.544 e. The molecule has 9 heteroatoms. The quantitative estimate of drug-likeness (QED) is 0.561. The molecule has 0 atom stereocenters. The lowest BCUT2D eigenvalue weighted by atomic mass is 10.3. The maximum atomic E-state index is 11.3. The van der Waals surface area contributed by atoms with E-state index in [9.17, 15) is 9.90 Å². The summed E-state index contributed by atoms with van der Waals surface area (Å²) in [5.74, 6) is 0.415. The zero-order valence-corrected chi connectivity index (χ0v) is 15.3. The second-order valence-electron chi connectivity index (χ2n) is 4.91. The van der Waals surface area contributed by atoms with Gasteiger partial charge in [-0.1, -0.05) is 6.92 Å². The molecule has 2 aromatic rings. The number of carbonyl (C=O) groups excluding carboxylic acids is 1. The zero-order valence-electron chi connectivity index (χ0n) is 12.9. The summed E-state index contributed by atoms with van der Waals surface area (Å²) in [4.78, 5) is 17.3. The second-order valence-corrected chi connectivity index (χ2v) is 6.77. The van der Waals surface area contributed by atoms with Crippen molar-refractivity contribution in [2.75, 3.05) is 19.0 Å². The van der Waals surface area contributed by atoms with E-state index in [0.29, 0.717) is 16.8 Å². The molecule has 0 aliphatic heterocycles. The zero-order chi connectivity index (χ0) is 17.0. The predicted octanol–water partition coefficient (Wildman–Crippen LogP) is 2.06. The smallest absolute Gasteiger partial charge is 0.213 e. The molecule has 2 rings (SSSR count). The molecule has 0 aliphatic carbocycles. The topological polar surface area (TPSA) is 98.1 Å². The summed E-state index contributed by atoms with van der Waals surface area (Å²) in [6, 6.07) is 1.69. The van der Waals surface area contributed by atoms with Crippen molar-refractivity contribution in [2.45, 2.75) is 24.9 Å². The van der Waals surface area contributed by atoms with E-state index in [-0.39, 0.29) is 4.91 Å². The van der Waals surface area contributed by atoms with Gasteiger partial charge in [-0.3, -0.25) is 5.10 Å². The Morgan fingerprint density at radius 1 is 1.57 bits per heavy atom. The first-order valence-electron chi connectivity index (χ1n) is 6.89. The molecule has 0 aliphatic rings. The number of aliphatic carboxylic acids is 1. The summed E-state index contributed by atoms with van der Waals surface area (Å²) in [7, 11) is 3.66. The van der Waals surface area contributed by atoms with Crippen molar-refractivity contribution in [1.82, 2.24) is 15.2 Å². The molecular weight excluding hydrogens is 384 g/mol. The van der Waals surface area contributed by atoms with Crippen molar-refractivity contribution in [3.8, 4) is 0 Å². The Morgan fingerprint density at radius 3 is 2.87 bits per heavy atom. The molecule has 23 heavy (non-hydrogen) atoms. The molecule has 0 saturated carbocycles. The molecular formula is C14H16BrN4O3S-. The van der Waals surface area contributed by atoms with E-state index in [1.54, 1.807) is 11.0 Å². The minimum absolute atomic E-state index is 0.0291. The van der Waals surface area contributed by atoms with Gasteiger partial charge >= 0.3 is 0 Å². The first-order valence-corrected chi connectivity index (χ1v) is 8.50. The fourth-order valence-electron chi connectivity index (χ4n) is 1.78. The number of halogens is 1. The maximum Gasteiger partial charge on any atom is 0.213 e. The van der Waals surface area contributed by atoms with Gasteiger partial charge in [0.05, 0.1) is 10.4 Å². The molecule has 0 aromatic carbocycles. The number of hydrogen-bond acceptors (Lipinski definition) is 7. The van der Waals surface area contributed by atoms with Crippen molar-refractivity contribution in [2.24, 2.45) is 0 Å². The number of aryl methyl sites for hydroxylation is 1. The van der Waals surface area contributed by atoms with E-state index in [1.165, 1.54) is 6.08 Å². The van der Waals surface area contributed by atoms with Crippen LogP contribution >= 0.6 is 27.7 Å². The van der Waals surface area contributed by atoms with Crippen LogP contribution in [0.15, 0.2) is 25.0 Å². The first-order chi connectivity index (χ1) is 10.9. The molecule has 7 nitrogen and oxygen atoms in total. The van der Waals surface area contributed by atoms with Gasteiger partial charge in [-0.2, -0.15) is 0 Å². The van der Waals surface area contributed by atoms with E-state index in [4.69, 9.17) is 4.42 Å². The second kappa shape index (κ2) is 7.69. The van der Waals surface area contributed by atoms with Crippen LogP contribution in [0, 0.1) is 0 Å². The van der Waals surface area contributed by atoms with Crippen LogP contribution in [0.4, 0.5) is 5.88 Å². The largest absolute Gasteiger partial charge is 0.544 e. The van der Waals surface area contributed by atoms with Crippen LogP contribution in [0.25, 0.3) is 6.08 Å². The fraction of sp³-hybridized carbons (Fsp3) is 0.357. The van der Waals surface area contributed by atoms with Crippen molar-refractivity contribution < 1.29 is 14.3 Å². The molecule has 2 heterocycles. The number of nitrogens with zero attached hydrogens (tertiary/aromatic N) is 3. The molecule has 0 saturated heterocycles. The van der Waals surface area contributed by atoms with Crippen LogP contribution < -0.4 is 10.0 Å². The lowest BCUT2D eigenvalue weighted by Gasteiger charge is -2.08. The molecule has 0 fully saturated rings. The lowest BCUT2D eigenvalue weighted by molar-refractivity contribution is -0.298. The summed E-state index contributed by atoms with van der Waals surface area (Å²) >= 11 is 4.29. The summed E-state index contributed by atoms with van der Waals surface area (Å²) in [5, 5.41) is 18.5. The number of aromatic amines is 1. The van der Waals surface area contributed by atoms with Crippen LogP contribution in [-0.2, 0) is 11.2 Å². The van der Waals surface area contributed by atoms with E-state index >= 15 is 0 Å². The third-order valence-electron chi connectivity index (χ3n) is 2.77. The summed E-state index contributed by atoms with van der Waals surface area (Å²) in [6.07, 6.45) is 3.08. The first kappa shape index (κ1) is 17.6. The third-order valence-corrected chi connectivity index (χ3v) is 4.21. The standard InChI is InChI=1S/C14H17BrN4O3S/c1-4-5-11-16-14(18-17-11)23-10(13(20)21)7-8-6-9(15)12(22-8)19(2)3/h6-7H,4-5H2,1-3H3,(H,20,21)(H,16,17,18)/p-1/b10-7-. The highest BCUT2D eigenvalue weighted by Gasteiger charge is 2.13. The Balaban J connectivity index is 2.23. The van der Waals surface area contributed by atoms with Gasteiger partial charge in [0.1, 0.15) is 11.6 Å². The number of hydrogen-bond donors (Lipinski definition) is 1. The van der Waals surface area contributed by atoms with Gasteiger partial charge in [-0.05, 0) is 40.2 Å². The van der Waals surface area contributed by atoms with Crippen LogP contribution in [0.3, 0.4) is 0 Å². The van der Waals surface area contributed by atoms with Crippen LogP contribution in [0.5, 0.6) is 0 Å². The number of rotatable bonds is 7. The summed E-state index contributed by atoms with van der Waals surface area (Å²) in [6.45, 7) is 2.03. The number of thioether (sulfide) groups is 1. The van der Waals surface area contributed by atoms with E-state index in [1.807, 2.05) is 21.0 Å². The average molecular weight is 400 g/mol. The third kappa shape index (κ3) is 4.61. The normalized spacial score (nSPS) is 11.7. The number of H-pyrrole nitrogens is 1. The Kier molecular flexibility index (Phi) is 5.89. The van der Waals surface area contributed by atoms with E-state index in [2.05, 4.69) is 31.1 Å². The highest BCUT2D eigenvalue weighted by atomic mass is 79.9. The van der Waals surface area contributed by atoms with Crippen molar-refractivity contribution in [3.63, 3.8) is 0 Å². The van der Waals surface area contributed by atoms with E-state index < -0.39 is 5.97 Å². The average Bonchev–Trinajstić information content (AvgIpc) is 3.05. The molecule has 0 bridgehead atoms. The molecule has 0 spiro atoms.